The highest BCUT2D eigenvalue weighted by atomic mass is 19.1. The van der Waals surface area contributed by atoms with Gasteiger partial charge in [0.15, 0.2) is 11.6 Å². The minimum atomic E-state index is -0.931. The van der Waals surface area contributed by atoms with Crippen LogP contribution in [0.4, 0.5) is 4.39 Å². The van der Waals surface area contributed by atoms with Crippen LogP contribution in [0.3, 0.4) is 0 Å². The van der Waals surface area contributed by atoms with Gasteiger partial charge < -0.3 is 9.84 Å². The zero-order valence-electron chi connectivity index (χ0n) is 9.58. The van der Waals surface area contributed by atoms with Crippen LogP contribution in [-0.4, -0.2) is 18.2 Å². The van der Waals surface area contributed by atoms with E-state index in [9.17, 15) is 9.18 Å². The highest BCUT2D eigenvalue weighted by molar-refractivity contribution is 5.70. The Morgan fingerprint density at radius 3 is 2.69 bits per heavy atom. The summed E-state index contributed by atoms with van der Waals surface area (Å²) in [5.41, 5.74) is 1.23. The number of carbonyl (C=O) groups is 1. The third-order valence-corrected chi connectivity index (χ3v) is 2.43. The van der Waals surface area contributed by atoms with Gasteiger partial charge in [0.25, 0.3) is 0 Å². The van der Waals surface area contributed by atoms with E-state index >= 15 is 0 Å². The number of ether oxygens (including phenoxy) is 1. The summed E-state index contributed by atoms with van der Waals surface area (Å²) in [5.74, 6) is -1.85. The first kappa shape index (κ1) is 12.5. The summed E-state index contributed by atoms with van der Waals surface area (Å²) < 4.78 is 18.6. The molecule has 0 fully saturated rings. The molecule has 0 aliphatic carbocycles. The van der Waals surface area contributed by atoms with Crippen molar-refractivity contribution in [2.24, 2.45) is 5.92 Å². The molecular weight excluding hydrogens is 211 g/mol. The largest absolute Gasteiger partial charge is 0.494 e. The lowest BCUT2D eigenvalue weighted by atomic mass is 9.99. The summed E-state index contributed by atoms with van der Waals surface area (Å²) in [4.78, 5) is 10.7. The molecule has 0 heterocycles. The number of hydrogen-bond donors (Lipinski definition) is 1. The molecule has 88 valence electrons. The van der Waals surface area contributed by atoms with E-state index in [2.05, 4.69) is 0 Å². The maximum atomic E-state index is 13.8. The van der Waals surface area contributed by atoms with E-state index in [1.165, 1.54) is 7.11 Å². The van der Waals surface area contributed by atoms with Crippen molar-refractivity contribution in [3.05, 3.63) is 29.1 Å². The van der Waals surface area contributed by atoms with Crippen molar-refractivity contribution in [1.82, 2.24) is 0 Å². The smallest absolute Gasteiger partial charge is 0.306 e. The molecule has 1 atom stereocenters. The lowest BCUT2D eigenvalue weighted by molar-refractivity contribution is -0.141. The van der Waals surface area contributed by atoms with Crippen LogP contribution in [-0.2, 0) is 11.2 Å². The Morgan fingerprint density at radius 2 is 2.19 bits per heavy atom. The van der Waals surface area contributed by atoms with E-state index < -0.39 is 17.7 Å². The van der Waals surface area contributed by atoms with E-state index in [1.54, 1.807) is 19.1 Å². The fraction of sp³-hybridized carbons (Fsp3) is 0.417. The molecule has 0 aliphatic rings. The SMILES string of the molecule is COc1cc(C)cc(CC(C)C(=O)O)c1F. The second-order valence-corrected chi connectivity index (χ2v) is 3.88. The fourth-order valence-electron chi connectivity index (χ4n) is 1.52. The van der Waals surface area contributed by atoms with Gasteiger partial charge in [-0.2, -0.15) is 0 Å². The van der Waals surface area contributed by atoms with E-state index in [4.69, 9.17) is 9.84 Å². The van der Waals surface area contributed by atoms with Crippen LogP contribution in [0.2, 0.25) is 0 Å². The minimum Gasteiger partial charge on any atom is -0.494 e. The van der Waals surface area contributed by atoms with Crippen molar-refractivity contribution < 1.29 is 19.0 Å². The molecule has 0 aromatic heterocycles. The predicted molar refractivity (Wildman–Crippen MR) is 58.2 cm³/mol. The van der Waals surface area contributed by atoms with Gasteiger partial charge in [0, 0.05) is 0 Å². The maximum Gasteiger partial charge on any atom is 0.306 e. The zero-order valence-corrected chi connectivity index (χ0v) is 9.58. The number of rotatable bonds is 4. The number of hydrogen-bond acceptors (Lipinski definition) is 2. The van der Waals surface area contributed by atoms with Gasteiger partial charge in [-0.05, 0) is 30.5 Å². The summed E-state index contributed by atoms with van der Waals surface area (Å²) in [5, 5.41) is 8.78. The number of benzene rings is 1. The molecule has 0 bridgehead atoms. The Labute approximate surface area is 93.9 Å². The third-order valence-electron chi connectivity index (χ3n) is 2.43. The van der Waals surface area contributed by atoms with Crippen LogP contribution in [0.15, 0.2) is 12.1 Å². The van der Waals surface area contributed by atoms with Crippen molar-refractivity contribution in [2.45, 2.75) is 20.3 Å². The second-order valence-electron chi connectivity index (χ2n) is 3.88. The van der Waals surface area contributed by atoms with Crippen LogP contribution in [0.5, 0.6) is 5.75 Å². The normalized spacial score (nSPS) is 12.2. The molecule has 1 aromatic rings. The summed E-state index contributed by atoms with van der Waals surface area (Å²) in [6.07, 6.45) is 0.166. The van der Waals surface area contributed by atoms with Gasteiger partial charge in [0.1, 0.15) is 0 Å². The molecule has 0 saturated carbocycles. The quantitative estimate of drug-likeness (QED) is 0.857. The average molecular weight is 226 g/mol. The van der Waals surface area contributed by atoms with E-state index in [0.29, 0.717) is 5.56 Å². The van der Waals surface area contributed by atoms with Gasteiger partial charge in [0.2, 0.25) is 0 Å². The number of carboxylic acids is 1. The number of carboxylic acid groups (broad SMARTS) is 1. The summed E-state index contributed by atoms with van der Waals surface area (Å²) in [6.45, 7) is 3.37. The molecule has 16 heavy (non-hydrogen) atoms. The van der Waals surface area contributed by atoms with Gasteiger partial charge in [0.05, 0.1) is 13.0 Å². The maximum absolute atomic E-state index is 13.8. The first-order chi connectivity index (χ1) is 7.45. The molecule has 1 rings (SSSR count). The van der Waals surface area contributed by atoms with Gasteiger partial charge >= 0.3 is 5.97 Å². The molecule has 0 aliphatic heterocycles. The van der Waals surface area contributed by atoms with Crippen LogP contribution >= 0.6 is 0 Å². The topological polar surface area (TPSA) is 46.5 Å². The minimum absolute atomic E-state index is 0.160. The predicted octanol–water partition coefficient (Wildman–Crippen LogP) is 2.41. The fourth-order valence-corrected chi connectivity index (χ4v) is 1.52. The highest BCUT2D eigenvalue weighted by Gasteiger charge is 2.17. The number of methoxy groups -OCH3 is 1. The Kier molecular flexibility index (Phi) is 3.88. The Balaban J connectivity index is 3.04. The molecule has 1 N–H and O–H groups in total. The van der Waals surface area contributed by atoms with Gasteiger partial charge in [-0.25, -0.2) is 4.39 Å². The molecule has 4 heteroatoms. The second kappa shape index (κ2) is 4.96. The third kappa shape index (κ3) is 2.72. The first-order valence-corrected chi connectivity index (χ1v) is 5.01. The van der Waals surface area contributed by atoms with Crippen LogP contribution in [0.1, 0.15) is 18.1 Å². The molecule has 0 radical (unpaired) electrons. The molecule has 0 saturated heterocycles. The summed E-state index contributed by atoms with van der Waals surface area (Å²) >= 11 is 0. The zero-order chi connectivity index (χ0) is 12.3. The van der Waals surface area contributed by atoms with Gasteiger partial charge in [-0.3, -0.25) is 4.79 Å². The van der Waals surface area contributed by atoms with Crippen LogP contribution in [0, 0.1) is 18.7 Å². The van der Waals surface area contributed by atoms with E-state index in [-0.39, 0.29) is 12.2 Å². The molecule has 1 unspecified atom stereocenters. The average Bonchev–Trinajstić information content (AvgIpc) is 2.22. The molecule has 1 aromatic carbocycles. The highest BCUT2D eigenvalue weighted by Crippen LogP contribution is 2.24. The first-order valence-electron chi connectivity index (χ1n) is 5.01. The summed E-state index contributed by atoms with van der Waals surface area (Å²) in [6, 6.07) is 3.24. The Bertz CT molecular complexity index is 401. The van der Waals surface area contributed by atoms with Crippen molar-refractivity contribution in [2.75, 3.05) is 7.11 Å². The van der Waals surface area contributed by atoms with Crippen molar-refractivity contribution in [1.29, 1.82) is 0 Å². The lowest BCUT2D eigenvalue weighted by Crippen LogP contribution is -2.13. The molecular formula is C12H15FO3. The molecule has 0 spiro atoms. The van der Waals surface area contributed by atoms with Crippen LogP contribution in [0.25, 0.3) is 0 Å². The van der Waals surface area contributed by atoms with Gasteiger partial charge in [-0.1, -0.05) is 13.0 Å². The Morgan fingerprint density at radius 1 is 1.56 bits per heavy atom. The Hall–Kier alpha value is -1.58. The van der Waals surface area contributed by atoms with E-state index in [0.717, 1.165) is 5.56 Å². The molecule has 0 amide bonds. The van der Waals surface area contributed by atoms with Gasteiger partial charge in [-0.15, -0.1) is 0 Å². The molecule has 3 nitrogen and oxygen atoms in total. The van der Waals surface area contributed by atoms with Crippen LogP contribution < -0.4 is 4.74 Å². The number of aliphatic carboxylic acids is 1. The number of aryl methyl sites for hydroxylation is 1. The lowest BCUT2D eigenvalue weighted by Gasteiger charge is -2.11. The van der Waals surface area contributed by atoms with Crippen molar-refractivity contribution in [3.63, 3.8) is 0 Å². The standard InChI is InChI=1S/C12H15FO3/c1-7-4-9(6-8(2)12(14)15)11(13)10(5-7)16-3/h4-5,8H,6H2,1-3H3,(H,14,15). The van der Waals surface area contributed by atoms with Crippen molar-refractivity contribution in [3.8, 4) is 5.75 Å². The monoisotopic (exact) mass is 226 g/mol. The van der Waals surface area contributed by atoms with Crippen molar-refractivity contribution >= 4 is 5.97 Å². The number of halogens is 1. The van der Waals surface area contributed by atoms with E-state index in [1.807, 2.05) is 6.92 Å². The summed E-state index contributed by atoms with van der Waals surface area (Å²) in [7, 11) is 1.39.